The molecule has 0 aliphatic carbocycles. The van der Waals surface area contributed by atoms with Gasteiger partial charge in [-0.15, -0.1) is 11.8 Å². The molecule has 2 aromatic rings. The highest BCUT2D eigenvalue weighted by Gasteiger charge is 2.26. The number of ether oxygens (including phenoxy) is 4. The van der Waals surface area contributed by atoms with E-state index in [1.165, 1.54) is 21.3 Å². The van der Waals surface area contributed by atoms with Gasteiger partial charge in [0.15, 0.2) is 11.5 Å². The summed E-state index contributed by atoms with van der Waals surface area (Å²) < 4.78 is 23.1. The highest BCUT2D eigenvalue weighted by Crippen LogP contribution is 2.45. The lowest BCUT2D eigenvalue weighted by Gasteiger charge is -2.20. The van der Waals surface area contributed by atoms with Crippen LogP contribution in [0, 0.1) is 0 Å². The van der Waals surface area contributed by atoms with Crippen molar-refractivity contribution in [3.8, 4) is 17.2 Å². The van der Waals surface area contributed by atoms with Crippen LogP contribution in [-0.2, 0) is 9.53 Å². The minimum atomic E-state index is -0.148. The van der Waals surface area contributed by atoms with Crippen molar-refractivity contribution in [2.45, 2.75) is 11.3 Å². The lowest BCUT2D eigenvalue weighted by atomic mass is 10.1. The number of thioether (sulfide) groups is 1. The molecule has 0 bridgehead atoms. The second-order valence-electron chi connectivity index (χ2n) is 6.20. The van der Waals surface area contributed by atoms with Gasteiger partial charge in [0.25, 0.3) is 0 Å². The Bertz CT molecular complexity index is 934. The Morgan fingerprint density at radius 2 is 1.90 bits per heavy atom. The van der Waals surface area contributed by atoms with Gasteiger partial charge in [-0.3, -0.25) is 4.79 Å². The maximum Gasteiger partial charge on any atom is 0.225 e. The van der Waals surface area contributed by atoms with Crippen LogP contribution >= 0.6 is 27.7 Å². The van der Waals surface area contributed by atoms with Crippen LogP contribution in [0.2, 0.25) is 0 Å². The van der Waals surface area contributed by atoms with E-state index < -0.39 is 0 Å². The molecule has 0 aromatic heterocycles. The van der Waals surface area contributed by atoms with E-state index in [9.17, 15) is 4.79 Å². The summed E-state index contributed by atoms with van der Waals surface area (Å²) in [4.78, 5) is 18.2. The van der Waals surface area contributed by atoms with E-state index >= 15 is 0 Å². The summed E-state index contributed by atoms with van der Waals surface area (Å²) in [5.74, 6) is 2.14. The molecule has 0 atom stereocenters. The lowest BCUT2D eigenvalue weighted by molar-refractivity contribution is -0.115. The summed E-state index contributed by atoms with van der Waals surface area (Å²) in [6, 6.07) is 9.71. The third kappa shape index (κ3) is 5.20. The number of rotatable bonds is 9. The number of nitrogens with zero attached hydrogens (tertiary/aromatic N) is 1. The van der Waals surface area contributed by atoms with Gasteiger partial charge in [0, 0.05) is 21.5 Å². The molecule has 0 radical (unpaired) electrons. The quantitative estimate of drug-likeness (QED) is 0.521. The maximum absolute atomic E-state index is 12.7. The number of hydrogen-bond donors (Lipinski definition) is 1. The molecule has 1 aliphatic rings. The van der Waals surface area contributed by atoms with E-state index in [0.717, 1.165) is 9.37 Å². The Kier molecular flexibility index (Phi) is 7.87. The van der Waals surface area contributed by atoms with E-state index in [0.29, 0.717) is 59.7 Å². The summed E-state index contributed by atoms with van der Waals surface area (Å²) in [6.07, 6.45) is 0.324. The van der Waals surface area contributed by atoms with Crippen molar-refractivity contribution in [2.24, 2.45) is 4.99 Å². The van der Waals surface area contributed by atoms with Crippen molar-refractivity contribution in [2.75, 3.05) is 45.6 Å². The summed E-state index contributed by atoms with van der Waals surface area (Å²) >= 11 is 5.03. The minimum absolute atomic E-state index is 0.148. The van der Waals surface area contributed by atoms with Crippen LogP contribution in [-0.4, -0.2) is 52.0 Å². The monoisotopic (exact) mass is 494 g/mol. The number of halogens is 1. The van der Waals surface area contributed by atoms with Gasteiger partial charge in [-0.2, -0.15) is 0 Å². The van der Waals surface area contributed by atoms with Crippen LogP contribution in [0.15, 0.2) is 44.7 Å². The molecule has 2 aromatic carbocycles. The predicted molar refractivity (Wildman–Crippen MR) is 122 cm³/mol. The van der Waals surface area contributed by atoms with E-state index in [4.69, 9.17) is 18.9 Å². The number of carbonyl (C=O) groups excluding carboxylic acids is 1. The number of methoxy groups -OCH3 is 3. The molecular formula is C21H23BrN2O5S. The SMILES string of the molecule is COc1cc(C2=NCCO2)c(NC(=O)CCSc2ccc(Br)cc2)c(OC)c1OC. The first kappa shape index (κ1) is 22.3. The third-order valence-electron chi connectivity index (χ3n) is 4.32. The molecule has 1 amide bonds. The molecule has 0 saturated heterocycles. The molecular weight excluding hydrogens is 472 g/mol. The Morgan fingerprint density at radius 1 is 1.17 bits per heavy atom. The standard InChI is InChI=1S/C21H23BrN2O5S/c1-26-16-12-15(21-23-9-10-29-21)18(20(28-3)19(16)27-2)24-17(25)8-11-30-14-6-4-13(22)5-7-14/h4-7,12H,8-11H2,1-3H3,(H,24,25). The first-order valence-corrected chi connectivity index (χ1v) is 11.0. The molecule has 0 fully saturated rings. The zero-order valence-electron chi connectivity index (χ0n) is 17.0. The molecule has 160 valence electrons. The minimum Gasteiger partial charge on any atom is -0.493 e. The number of benzene rings is 2. The van der Waals surface area contributed by atoms with Gasteiger partial charge >= 0.3 is 0 Å². The topological polar surface area (TPSA) is 78.4 Å². The second-order valence-corrected chi connectivity index (χ2v) is 8.29. The van der Waals surface area contributed by atoms with Gasteiger partial charge in [-0.25, -0.2) is 4.99 Å². The Morgan fingerprint density at radius 3 is 2.50 bits per heavy atom. The Balaban J connectivity index is 1.80. The normalized spacial score (nSPS) is 12.7. The average molecular weight is 495 g/mol. The van der Waals surface area contributed by atoms with Crippen molar-refractivity contribution >= 4 is 45.2 Å². The molecule has 9 heteroatoms. The molecule has 1 heterocycles. The van der Waals surface area contributed by atoms with Gasteiger partial charge < -0.3 is 24.3 Å². The zero-order valence-corrected chi connectivity index (χ0v) is 19.4. The molecule has 7 nitrogen and oxygen atoms in total. The molecule has 0 unspecified atom stereocenters. The second kappa shape index (κ2) is 10.6. The van der Waals surface area contributed by atoms with Crippen LogP contribution < -0.4 is 19.5 Å². The first-order chi connectivity index (χ1) is 14.6. The largest absolute Gasteiger partial charge is 0.493 e. The highest BCUT2D eigenvalue weighted by molar-refractivity contribution is 9.10. The van der Waals surface area contributed by atoms with Crippen molar-refractivity contribution in [3.63, 3.8) is 0 Å². The highest BCUT2D eigenvalue weighted by atomic mass is 79.9. The van der Waals surface area contributed by atoms with E-state index in [1.54, 1.807) is 17.8 Å². The van der Waals surface area contributed by atoms with Crippen LogP contribution in [0.25, 0.3) is 0 Å². The smallest absolute Gasteiger partial charge is 0.225 e. The van der Waals surface area contributed by atoms with Crippen molar-refractivity contribution in [3.05, 3.63) is 40.4 Å². The van der Waals surface area contributed by atoms with Crippen molar-refractivity contribution in [1.29, 1.82) is 0 Å². The number of anilines is 1. The number of amides is 1. The summed E-state index contributed by atoms with van der Waals surface area (Å²) in [6.45, 7) is 1.05. The fourth-order valence-electron chi connectivity index (χ4n) is 2.94. The van der Waals surface area contributed by atoms with Gasteiger partial charge in [0.05, 0.1) is 33.4 Å². The summed E-state index contributed by atoms with van der Waals surface area (Å²) in [7, 11) is 4.57. The number of hydrogen-bond acceptors (Lipinski definition) is 7. The summed E-state index contributed by atoms with van der Waals surface area (Å²) in [5.41, 5.74) is 1.05. The molecule has 30 heavy (non-hydrogen) atoms. The molecule has 0 saturated carbocycles. The fraction of sp³-hybridized carbons (Fsp3) is 0.333. The zero-order chi connectivity index (χ0) is 21.5. The molecule has 1 N–H and O–H groups in total. The van der Waals surface area contributed by atoms with Gasteiger partial charge in [0.1, 0.15) is 12.3 Å². The Hall–Kier alpha value is -2.39. The molecule has 1 aliphatic heterocycles. The summed E-state index contributed by atoms with van der Waals surface area (Å²) in [5, 5.41) is 2.95. The van der Waals surface area contributed by atoms with E-state index in [-0.39, 0.29) is 5.91 Å². The van der Waals surface area contributed by atoms with Crippen molar-refractivity contribution in [1.82, 2.24) is 0 Å². The van der Waals surface area contributed by atoms with Crippen LogP contribution in [0.1, 0.15) is 12.0 Å². The maximum atomic E-state index is 12.7. The number of nitrogens with one attached hydrogen (secondary N) is 1. The fourth-order valence-corrected chi connectivity index (χ4v) is 4.06. The van der Waals surface area contributed by atoms with Crippen LogP contribution in [0.3, 0.4) is 0 Å². The van der Waals surface area contributed by atoms with Gasteiger partial charge in [-0.1, -0.05) is 15.9 Å². The number of carbonyl (C=O) groups is 1. The average Bonchev–Trinajstić information content (AvgIpc) is 3.29. The Labute approximate surface area is 188 Å². The number of aliphatic imine (C=N–C) groups is 1. The molecule has 3 rings (SSSR count). The van der Waals surface area contributed by atoms with Crippen LogP contribution in [0.5, 0.6) is 17.2 Å². The third-order valence-corrected chi connectivity index (χ3v) is 5.86. The van der Waals surface area contributed by atoms with E-state index in [2.05, 4.69) is 26.2 Å². The lowest BCUT2D eigenvalue weighted by Crippen LogP contribution is -2.17. The van der Waals surface area contributed by atoms with E-state index in [1.807, 2.05) is 24.3 Å². The van der Waals surface area contributed by atoms with Crippen LogP contribution in [0.4, 0.5) is 5.69 Å². The van der Waals surface area contributed by atoms with Gasteiger partial charge in [-0.05, 0) is 30.3 Å². The first-order valence-electron chi connectivity index (χ1n) is 9.26. The molecule has 0 spiro atoms. The predicted octanol–water partition coefficient (Wildman–Crippen LogP) is 4.37. The van der Waals surface area contributed by atoms with Gasteiger partial charge in [0.2, 0.25) is 17.6 Å². The van der Waals surface area contributed by atoms with Crippen molar-refractivity contribution < 1.29 is 23.7 Å².